The topological polar surface area (TPSA) is 55.4 Å². The summed E-state index contributed by atoms with van der Waals surface area (Å²) in [5, 5.41) is 2.33. The quantitative estimate of drug-likeness (QED) is 0.834. The Morgan fingerprint density at radius 3 is 2.63 bits per heavy atom. The first kappa shape index (κ1) is 15.1. The van der Waals surface area contributed by atoms with Gasteiger partial charge in [-0.3, -0.25) is 4.79 Å². The molecule has 19 heavy (non-hydrogen) atoms. The minimum atomic E-state index is -1.35. The fraction of sp³-hybridized carbons (Fsp3) is 0.385. The monoisotopic (exact) mass is 271 g/mol. The Balaban J connectivity index is 3.06. The summed E-state index contributed by atoms with van der Waals surface area (Å²) in [6.07, 6.45) is 0.760. The van der Waals surface area contributed by atoms with Crippen molar-refractivity contribution in [3.05, 3.63) is 35.4 Å². The van der Waals surface area contributed by atoms with Gasteiger partial charge in [-0.25, -0.2) is 13.6 Å². The predicted molar refractivity (Wildman–Crippen MR) is 64.2 cm³/mol. The van der Waals surface area contributed by atoms with E-state index in [1.165, 1.54) is 0 Å². The van der Waals surface area contributed by atoms with E-state index in [4.69, 9.17) is 0 Å². The van der Waals surface area contributed by atoms with E-state index >= 15 is 0 Å². The minimum Gasteiger partial charge on any atom is -0.467 e. The molecule has 0 aliphatic carbocycles. The summed E-state index contributed by atoms with van der Waals surface area (Å²) in [5.41, 5.74) is -0.253. The number of hydrogen-bond donors (Lipinski definition) is 1. The Morgan fingerprint density at radius 2 is 2.05 bits per heavy atom. The fourth-order valence-electron chi connectivity index (χ4n) is 1.58. The maximum atomic E-state index is 13.6. The van der Waals surface area contributed by atoms with Crippen molar-refractivity contribution >= 4 is 11.9 Å². The first-order chi connectivity index (χ1) is 8.99. The van der Waals surface area contributed by atoms with Crippen LogP contribution in [0.5, 0.6) is 0 Å². The number of halogens is 2. The van der Waals surface area contributed by atoms with Crippen LogP contribution in [0.15, 0.2) is 18.2 Å². The number of methoxy groups -OCH3 is 1. The van der Waals surface area contributed by atoms with Crippen LogP contribution in [0, 0.1) is 11.6 Å². The first-order valence-electron chi connectivity index (χ1n) is 5.81. The number of rotatable bonds is 5. The zero-order chi connectivity index (χ0) is 14.4. The highest BCUT2D eigenvalue weighted by Gasteiger charge is 2.26. The molecule has 1 aromatic rings. The molecule has 0 saturated heterocycles. The van der Waals surface area contributed by atoms with Crippen molar-refractivity contribution < 1.29 is 23.1 Å². The van der Waals surface area contributed by atoms with E-state index in [9.17, 15) is 18.4 Å². The molecular formula is C13H15F2NO3. The van der Waals surface area contributed by atoms with Crippen molar-refractivity contribution in [1.29, 1.82) is 0 Å². The number of nitrogens with one attached hydrogen (secondary N) is 1. The zero-order valence-electron chi connectivity index (χ0n) is 10.7. The van der Waals surface area contributed by atoms with Gasteiger partial charge in [0.1, 0.15) is 11.6 Å². The summed E-state index contributed by atoms with van der Waals surface area (Å²) in [7, 11) is 1.11. The molecule has 4 nitrogen and oxygen atoms in total. The van der Waals surface area contributed by atoms with E-state index < -0.39 is 29.6 Å². The average molecular weight is 271 g/mol. The third-order valence-corrected chi connectivity index (χ3v) is 2.49. The van der Waals surface area contributed by atoms with E-state index in [1.54, 1.807) is 6.92 Å². The SMILES string of the molecule is CCCC(=O)N[C@H](C(=O)OC)c1cc(F)ccc1F. The normalized spacial score (nSPS) is 11.8. The van der Waals surface area contributed by atoms with E-state index in [0.29, 0.717) is 6.42 Å². The molecule has 0 unspecified atom stereocenters. The Labute approximate surface area is 109 Å². The Kier molecular flexibility index (Phi) is 5.41. The van der Waals surface area contributed by atoms with Gasteiger partial charge in [-0.05, 0) is 24.6 Å². The van der Waals surface area contributed by atoms with Gasteiger partial charge in [-0.15, -0.1) is 0 Å². The summed E-state index contributed by atoms with van der Waals surface area (Å²) >= 11 is 0. The molecule has 1 aromatic carbocycles. The number of benzene rings is 1. The number of esters is 1. The van der Waals surface area contributed by atoms with Crippen molar-refractivity contribution in [3.63, 3.8) is 0 Å². The highest BCUT2D eigenvalue weighted by Crippen LogP contribution is 2.20. The van der Waals surface area contributed by atoms with Gasteiger partial charge in [0.15, 0.2) is 6.04 Å². The number of ether oxygens (including phenoxy) is 1. The van der Waals surface area contributed by atoms with E-state index in [2.05, 4.69) is 10.1 Å². The highest BCUT2D eigenvalue weighted by atomic mass is 19.1. The highest BCUT2D eigenvalue weighted by molar-refractivity contribution is 5.85. The van der Waals surface area contributed by atoms with Crippen molar-refractivity contribution in [2.75, 3.05) is 7.11 Å². The molecule has 1 amide bonds. The lowest BCUT2D eigenvalue weighted by Crippen LogP contribution is -2.35. The van der Waals surface area contributed by atoms with Gasteiger partial charge in [0.05, 0.1) is 7.11 Å². The van der Waals surface area contributed by atoms with Gasteiger partial charge in [-0.1, -0.05) is 6.92 Å². The zero-order valence-corrected chi connectivity index (χ0v) is 10.7. The summed E-state index contributed by atoms with van der Waals surface area (Å²) < 4.78 is 31.3. The average Bonchev–Trinajstić information content (AvgIpc) is 2.38. The van der Waals surface area contributed by atoms with Crippen LogP contribution in [0.1, 0.15) is 31.4 Å². The van der Waals surface area contributed by atoms with Gasteiger partial charge >= 0.3 is 5.97 Å². The largest absolute Gasteiger partial charge is 0.467 e. The van der Waals surface area contributed by atoms with Crippen molar-refractivity contribution in [2.45, 2.75) is 25.8 Å². The van der Waals surface area contributed by atoms with E-state index in [-0.39, 0.29) is 12.0 Å². The van der Waals surface area contributed by atoms with Crippen LogP contribution >= 0.6 is 0 Å². The standard InChI is InChI=1S/C13H15F2NO3/c1-3-4-11(17)16-12(13(18)19-2)9-7-8(14)5-6-10(9)15/h5-7,12H,3-4H2,1-2H3,(H,16,17)/t12-/m0/s1. The molecule has 0 aliphatic heterocycles. The summed E-state index contributed by atoms with van der Waals surface area (Å²) in [6, 6.07) is 1.34. The van der Waals surface area contributed by atoms with Crippen LogP contribution < -0.4 is 5.32 Å². The van der Waals surface area contributed by atoms with Crippen LogP contribution in [0.2, 0.25) is 0 Å². The molecule has 0 fully saturated rings. The first-order valence-corrected chi connectivity index (χ1v) is 5.81. The van der Waals surface area contributed by atoms with Gasteiger partial charge in [0.25, 0.3) is 0 Å². The van der Waals surface area contributed by atoms with Gasteiger partial charge in [-0.2, -0.15) is 0 Å². The fourth-order valence-corrected chi connectivity index (χ4v) is 1.58. The number of hydrogen-bond acceptors (Lipinski definition) is 3. The molecule has 1 atom stereocenters. The van der Waals surface area contributed by atoms with Crippen LogP contribution in [0.4, 0.5) is 8.78 Å². The molecule has 0 saturated carbocycles. The number of carbonyl (C=O) groups excluding carboxylic acids is 2. The molecule has 0 bridgehead atoms. The molecular weight excluding hydrogens is 256 g/mol. The summed E-state index contributed by atoms with van der Waals surface area (Å²) in [5.74, 6) is -2.76. The lowest BCUT2D eigenvalue weighted by atomic mass is 10.1. The lowest BCUT2D eigenvalue weighted by Gasteiger charge is -2.17. The molecule has 1 rings (SSSR count). The predicted octanol–water partition coefficient (Wildman–Crippen LogP) is 2.10. The molecule has 6 heteroatoms. The lowest BCUT2D eigenvalue weighted by molar-refractivity contribution is -0.145. The van der Waals surface area contributed by atoms with Crippen molar-refractivity contribution in [1.82, 2.24) is 5.32 Å². The maximum absolute atomic E-state index is 13.6. The van der Waals surface area contributed by atoms with Crippen molar-refractivity contribution in [2.24, 2.45) is 0 Å². The Morgan fingerprint density at radius 1 is 1.37 bits per heavy atom. The summed E-state index contributed by atoms with van der Waals surface area (Å²) in [6.45, 7) is 1.79. The van der Waals surface area contributed by atoms with E-state index in [0.717, 1.165) is 25.3 Å². The van der Waals surface area contributed by atoms with Crippen LogP contribution in [0.25, 0.3) is 0 Å². The second-order valence-electron chi connectivity index (χ2n) is 3.94. The molecule has 0 radical (unpaired) electrons. The molecule has 0 heterocycles. The molecule has 104 valence electrons. The Bertz CT molecular complexity index is 477. The van der Waals surface area contributed by atoms with Gasteiger partial charge in [0.2, 0.25) is 5.91 Å². The van der Waals surface area contributed by atoms with E-state index in [1.807, 2.05) is 0 Å². The molecule has 1 N–H and O–H groups in total. The van der Waals surface area contributed by atoms with Crippen LogP contribution in [-0.4, -0.2) is 19.0 Å². The number of amides is 1. The molecule has 0 aliphatic rings. The second kappa shape index (κ2) is 6.82. The minimum absolute atomic E-state index is 0.185. The molecule has 0 spiro atoms. The summed E-state index contributed by atoms with van der Waals surface area (Å²) in [4.78, 5) is 23.1. The smallest absolute Gasteiger partial charge is 0.333 e. The number of carbonyl (C=O) groups is 2. The second-order valence-corrected chi connectivity index (χ2v) is 3.94. The van der Waals surface area contributed by atoms with Gasteiger partial charge in [0, 0.05) is 12.0 Å². The third-order valence-electron chi connectivity index (χ3n) is 2.49. The third kappa shape index (κ3) is 4.01. The Hall–Kier alpha value is -1.98. The molecule has 0 aromatic heterocycles. The maximum Gasteiger partial charge on any atom is 0.333 e. The van der Waals surface area contributed by atoms with Gasteiger partial charge < -0.3 is 10.1 Å². The van der Waals surface area contributed by atoms with Crippen LogP contribution in [0.3, 0.4) is 0 Å². The van der Waals surface area contributed by atoms with Crippen molar-refractivity contribution in [3.8, 4) is 0 Å². The van der Waals surface area contributed by atoms with Crippen LogP contribution in [-0.2, 0) is 14.3 Å².